The van der Waals surface area contributed by atoms with Crippen LogP contribution in [0.2, 0.25) is 0 Å². The van der Waals surface area contributed by atoms with Crippen molar-refractivity contribution in [2.75, 3.05) is 36.3 Å². The third-order valence-corrected chi connectivity index (χ3v) is 3.46. The van der Waals surface area contributed by atoms with Gasteiger partial charge in [-0.3, -0.25) is 4.79 Å². The van der Waals surface area contributed by atoms with Crippen LogP contribution in [0.5, 0.6) is 0 Å². The number of thioether (sulfide) groups is 1. The van der Waals surface area contributed by atoms with Gasteiger partial charge in [0.2, 0.25) is 5.91 Å². The van der Waals surface area contributed by atoms with Gasteiger partial charge in [-0.15, -0.1) is 0 Å². The second-order valence-corrected chi connectivity index (χ2v) is 5.22. The van der Waals surface area contributed by atoms with Crippen LogP contribution in [-0.4, -0.2) is 31.1 Å². The Hall–Kier alpha value is -1.27. The molecule has 0 spiro atoms. The number of methoxy groups -OCH3 is 1. The number of amides is 1. The molecule has 6 heteroatoms. The average molecular weight is 286 g/mol. The molecule has 3 N–H and O–H groups in total. The summed E-state index contributed by atoms with van der Waals surface area (Å²) in [6.45, 7) is 0.744. The zero-order valence-corrected chi connectivity index (χ0v) is 11.8. The maximum Gasteiger partial charge on any atom is 0.225 e. The van der Waals surface area contributed by atoms with Crippen LogP contribution in [-0.2, 0) is 9.53 Å². The molecule has 0 saturated carbocycles. The number of rotatable bonds is 8. The maximum absolute atomic E-state index is 12.9. The predicted octanol–water partition coefficient (Wildman–Crippen LogP) is 2.51. The van der Waals surface area contributed by atoms with Crippen molar-refractivity contribution in [1.82, 2.24) is 0 Å². The fourth-order valence-electron chi connectivity index (χ4n) is 1.42. The van der Waals surface area contributed by atoms with Crippen molar-refractivity contribution < 1.29 is 13.9 Å². The molecule has 19 heavy (non-hydrogen) atoms. The number of hydrogen-bond acceptors (Lipinski definition) is 4. The predicted molar refractivity (Wildman–Crippen MR) is 77.9 cm³/mol. The van der Waals surface area contributed by atoms with Gasteiger partial charge in [-0.25, -0.2) is 4.39 Å². The van der Waals surface area contributed by atoms with Crippen molar-refractivity contribution in [2.45, 2.75) is 12.8 Å². The molecule has 0 radical (unpaired) electrons. The van der Waals surface area contributed by atoms with Gasteiger partial charge in [-0.2, -0.15) is 11.8 Å². The summed E-state index contributed by atoms with van der Waals surface area (Å²) < 4.78 is 17.9. The molecule has 0 aliphatic heterocycles. The van der Waals surface area contributed by atoms with Crippen LogP contribution in [0.4, 0.5) is 15.8 Å². The first-order chi connectivity index (χ1) is 9.13. The number of anilines is 2. The Bertz CT molecular complexity index is 416. The molecule has 0 atom stereocenters. The molecule has 0 fully saturated rings. The van der Waals surface area contributed by atoms with E-state index in [4.69, 9.17) is 10.5 Å². The van der Waals surface area contributed by atoms with Crippen LogP contribution in [0, 0.1) is 5.82 Å². The van der Waals surface area contributed by atoms with E-state index < -0.39 is 5.82 Å². The van der Waals surface area contributed by atoms with E-state index in [0.29, 0.717) is 12.1 Å². The number of halogens is 1. The van der Waals surface area contributed by atoms with Gasteiger partial charge in [-0.05, 0) is 30.4 Å². The summed E-state index contributed by atoms with van der Waals surface area (Å²) >= 11 is 1.71. The summed E-state index contributed by atoms with van der Waals surface area (Å²) in [6, 6.07) is 4.15. The summed E-state index contributed by atoms with van der Waals surface area (Å²) in [6.07, 6.45) is 1.41. The number of carbonyl (C=O) groups excluding carboxylic acids is 1. The van der Waals surface area contributed by atoms with E-state index in [1.807, 2.05) is 0 Å². The highest BCUT2D eigenvalue weighted by molar-refractivity contribution is 7.99. The highest BCUT2D eigenvalue weighted by Crippen LogP contribution is 2.16. The molecule has 1 aromatic carbocycles. The van der Waals surface area contributed by atoms with E-state index in [1.165, 1.54) is 18.2 Å². The largest absolute Gasteiger partial charge is 0.396 e. The minimum Gasteiger partial charge on any atom is -0.396 e. The number of ether oxygens (including phenoxy) is 1. The minimum atomic E-state index is -0.480. The van der Waals surface area contributed by atoms with E-state index in [-0.39, 0.29) is 11.6 Å². The monoisotopic (exact) mass is 286 g/mol. The molecule has 1 amide bonds. The Morgan fingerprint density at radius 2 is 2.26 bits per heavy atom. The lowest BCUT2D eigenvalue weighted by molar-refractivity contribution is -0.115. The molecule has 0 saturated heterocycles. The van der Waals surface area contributed by atoms with Crippen molar-refractivity contribution in [3.63, 3.8) is 0 Å². The van der Waals surface area contributed by atoms with E-state index in [1.54, 1.807) is 18.9 Å². The molecular formula is C13H19FN2O2S. The topological polar surface area (TPSA) is 64.3 Å². The van der Waals surface area contributed by atoms with E-state index >= 15 is 0 Å². The molecule has 0 aliphatic rings. The van der Waals surface area contributed by atoms with Gasteiger partial charge in [0.25, 0.3) is 0 Å². The quantitative estimate of drug-likeness (QED) is 0.569. The first-order valence-corrected chi connectivity index (χ1v) is 7.20. The van der Waals surface area contributed by atoms with Crippen molar-refractivity contribution in [1.29, 1.82) is 0 Å². The number of nitrogen functional groups attached to an aromatic ring is 1. The van der Waals surface area contributed by atoms with Gasteiger partial charge >= 0.3 is 0 Å². The Balaban J connectivity index is 2.21. The number of carbonyl (C=O) groups is 1. The van der Waals surface area contributed by atoms with E-state index in [0.717, 1.165) is 24.5 Å². The molecular weight excluding hydrogens is 267 g/mol. The zero-order chi connectivity index (χ0) is 14.1. The lowest BCUT2D eigenvalue weighted by Gasteiger charge is -2.06. The number of nitrogens with one attached hydrogen (secondary N) is 1. The van der Waals surface area contributed by atoms with Crippen LogP contribution in [0.1, 0.15) is 12.8 Å². The third-order valence-electron chi connectivity index (χ3n) is 2.39. The van der Waals surface area contributed by atoms with Crippen LogP contribution in [0.25, 0.3) is 0 Å². The van der Waals surface area contributed by atoms with Crippen molar-refractivity contribution in [3.8, 4) is 0 Å². The summed E-state index contributed by atoms with van der Waals surface area (Å²) in [5.41, 5.74) is 5.98. The van der Waals surface area contributed by atoms with Crippen LogP contribution in [0.3, 0.4) is 0 Å². The summed E-state index contributed by atoms with van der Waals surface area (Å²) in [5.74, 6) is 1.16. The van der Waals surface area contributed by atoms with Crippen LogP contribution in [0.15, 0.2) is 18.2 Å². The fourth-order valence-corrected chi connectivity index (χ4v) is 2.27. The lowest BCUT2D eigenvalue weighted by atomic mass is 10.2. The molecule has 0 aromatic heterocycles. The zero-order valence-electron chi connectivity index (χ0n) is 10.9. The van der Waals surface area contributed by atoms with Gasteiger partial charge in [-0.1, -0.05) is 0 Å². The molecule has 106 valence electrons. The van der Waals surface area contributed by atoms with Crippen LogP contribution >= 0.6 is 11.8 Å². The summed E-state index contributed by atoms with van der Waals surface area (Å²) in [7, 11) is 1.67. The molecule has 0 aliphatic carbocycles. The van der Waals surface area contributed by atoms with Crippen molar-refractivity contribution in [2.24, 2.45) is 0 Å². The molecule has 0 unspecified atom stereocenters. The first kappa shape index (κ1) is 15.8. The van der Waals surface area contributed by atoms with E-state index in [2.05, 4.69) is 5.32 Å². The third kappa shape index (κ3) is 6.45. The van der Waals surface area contributed by atoms with Gasteiger partial charge in [0.15, 0.2) is 0 Å². The Morgan fingerprint density at radius 1 is 1.47 bits per heavy atom. The maximum atomic E-state index is 12.9. The molecule has 0 bridgehead atoms. The fraction of sp³-hybridized carbons (Fsp3) is 0.462. The standard InChI is InChI=1S/C13H19FN2O2S/c1-18-6-2-7-19-8-5-13(17)16-10-3-4-11(14)12(15)9-10/h3-4,9H,2,5-8,15H2,1H3,(H,16,17). The number of benzene rings is 1. The Morgan fingerprint density at radius 3 is 2.95 bits per heavy atom. The smallest absolute Gasteiger partial charge is 0.225 e. The highest BCUT2D eigenvalue weighted by atomic mass is 32.2. The van der Waals surface area contributed by atoms with Crippen LogP contribution < -0.4 is 11.1 Å². The second-order valence-electron chi connectivity index (χ2n) is 3.99. The molecule has 1 rings (SSSR count). The van der Waals surface area contributed by atoms with Crippen molar-refractivity contribution in [3.05, 3.63) is 24.0 Å². The van der Waals surface area contributed by atoms with Crippen molar-refractivity contribution >= 4 is 29.0 Å². The van der Waals surface area contributed by atoms with E-state index in [9.17, 15) is 9.18 Å². The minimum absolute atomic E-state index is 0.0340. The summed E-state index contributed by atoms with van der Waals surface area (Å²) in [5, 5.41) is 2.69. The number of hydrogen-bond donors (Lipinski definition) is 2. The molecule has 0 heterocycles. The highest BCUT2D eigenvalue weighted by Gasteiger charge is 2.04. The van der Waals surface area contributed by atoms with Gasteiger partial charge in [0, 0.05) is 31.6 Å². The van der Waals surface area contributed by atoms with Gasteiger partial charge < -0.3 is 15.8 Å². The Labute approximate surface area is 116 Å². The second kappa shape index (κ2) is 8.77. The summed E-state index contributed by atoms with van der Waals surface area (Å²) in [4.78, 5) is 11.6. The van der Waals surface area contributed by atoms with Gasteiger partial charge in [0.05, 0.1) is 5.69 Å². The normalized spacial score (nSPS) is 10.4. The first-order valence-electron chi connectivity index (χ1n) is 6.05. The lowest BCUT2D eigenvalue weighted by Crippen LogP contribution is -2.12. The average Bonchev–Trinajstić information content (AvgIpc) is 2.38. The molecule has 4 nitrogen and oxygen atoms in total. The van der Waals surface area contributed by atoms with Gasteiger partial charge in [0.1, 0.15) is 5.82 Å². The number of nitrogens with two attached hydrogens (primary N) is 1. The molecule has 1 aromatic rings. The Kier molecular flexibility index (Phi) is 7.28. The SMILES string of the molecule is COCCCSCCC(=O)Nc1ccc(F)c(N)c1.